The Kier molecular flexibility index (Phi) is 5.83. The first-order valence-corrected chi connectivity index (χ1v) is 8.07. The van der Waals surface area contributed by atoms with Gasteiger partial charge in [0.25, 0.3) is 5.91 Å². The van der Waals surface area contributed by atoms with Gasteiger partial charge in [0.2, 0.25) is 0 Å². The van der Waals surface area contributed by atoms with Crippen LogP contribution in [0.5, 0.6) is 0 Å². The maximum absolute atomic E-state index is 12.0. The molecule has 0 radical (unpaired) electrons. The first-order chi connectivity index (χ1) is 10.5. The van der Waals surface area contributed by atoms with Crippen molar-refractivity contribution in [3.8, 4) is 0 Å². The summed E-state index contributed by atoms with van der Waals surface area (Å²) < 4.78 is 5.11. The van der Waals surface area contributed by atoms with Crippen LogP contribution in [0, 0.1) is 0 Å². The fraction of sp³-hybridized carbons (Fsp3) is 0.200. The van der Waals surface area contributed by atoms with Gasteiger partial charge in [0, 0.05) is 9.90 Å². The predicted molar refractivity (Wildman–Crippen MR) is 88.7 cm³/mol. The van der Waals surface area contributed by atoms with Gasteiger partial charge in [0.05, 0.1) is 17.1 Å². The molecule has 0 aliphatic rings. The predicted octanol–water partition coefficient (Wildman–Crippen LogP) is 4.17. The molecule has 1 amide bonds. The second kappa shape index (κ2) is 7.63. The number of rotatable bonds is 5. The lowest BCUT2D eigenvalue weighted by Crippen LogP contribution is -2.30. The van der Waals surface area contributed by atoms with Gasteiger partial charge in [-0.1, -0.05) is 29.3 Å². The molecule has 0 aliphatic heterocycles. The normalized spacial score (nSPS) is 11.8. The molecule has 0 aliphatic carbocycles. The number of thiophene rings is 1. The highest BCUT2D eigenvalue weighted by atomic mass is 35.5. The van der Waals surface area contributed by atoms with E-state index < -0.39 is 18.0 Å². The topological polar surface area (TPSA) is 55.4 Å². The van der Waals surface area contributed by atoms with E-state index >= 15 is 0 Å². The summed E-state index contributed by atoms with van der Waals surface area (Å²) in [6.07, 6.45) is -0.782. The Balaban J connectivity index is 1.91. The number of carbonyl (C=O) groups excluding carboxylic acids is 2. The lowest BCUT2D eigenvalue weighted by molar-refractivity contribution is -0.152. The van der Waals surface area contributed by atoms with Crippen LogP contribution in [-0.2, 0) is 20.7 Å². The summed E-state index contributed by atoms with van der Waals surface area (Å²) in [7, 11) is 0. The van der Waals surface area contributed by atoms with Crippen molar-refractivity contribution in [2.45, 2.75) is 19.4 Å². The Hall–Kier alpha value is -1.56. The second-order valence-corrected chi connectivity index (χ2v) is 6.38. The minimum Gasteiger partial charge on any atom is -0.452 e. The average Bonchev–Trinajstić information content (AvgIpc) is 2.95. The third-order valence-electron chi connectivity index (χ3n) is 2.76. The lowest BCUT2D eigenvalue weighted by Gasteiger charge is -2.14. The quantitative estimate of drug-likeness (QED) is 0.817. The number of amides is 1. The fourth-order valence-corrected chi connectivity index (χ4v) is 2.70. The molecule has 1 aromatic heterocycles. The summed E-state index contributed by atoms with van der Waals surface area (Å²) in [5.41, 5.74) is 0.375. The van der Waals surface area contributed by atoms with Crippen LogP contribution >= 0.6 is 34.5 Å². The molecule has 0 spiro atoms. The summed E-state index contributed by atoms with van der Waals surface area (Å²) in [6.45, 7) is 1.50. The lowest BCUT2D eigenvalue weighted by atomic mass is 10.3. The third kappa shape index (κ3) is 4.73. The zero-order valence-corrected chi connectivity index (χ0v) is 14.0. The van der Waals surface area contributed by atoms with Crippen LogP contribution in [0.4, 0.5) is 5.69 Å². The number of esters is 1. The van der Waals surface area contributed by atoms with Gasteiger partial charge >= 0.3 is 5.97 Å². The Labute approximate surface area is 142 Å². The summed E-state index contributed by atoms with van der Waals surface area (Å²) in [6, 6.07) is 8.41. The van der Waals surface area contributed by atoms with Gasteiger partial charge in [0.1, 0.15) is 0 Å². The standard InChI is InChI=1S/C15H13Cl2NO3S/c1-9(21-14(19)8-11-3-2-6-22-11)15(20)18-13-7-10(16)4-5-12(13)17/h2-7,9H,8H2,1H3,(H,18,20)/t9-/m1/s1. The Morgan fingerprint density at radius 2 is 2.09 bits per heavy atom. The van der Waals surface area contributed by atoms with Crippen molar-refractivity contribution >= 4 is 52.1 Å². The molecule has 0 unspecified atom stereocenters. The van der Waals surface area contributed by atoms with Crippen LogP contribution in [0.3, 0.4) is 0 Å². The van der Waals surface area contributed by atoms with Gasteiger partial charge in [-0.05, 0) is 36.6 Å². The SMILES string of the molecule is C[C@@H](OC(=O)Cc1cccs1)C(=O)Nc1cc(Cl)ccc1Cl. The third-order valence-corrected chi connectivity index (χ3v) is 4.20. The molecule has 116 valence electrons. The molecule has 0 bridgehead atoms. The highest BCUT2D eigenvalue weighted by Gasteiger charge is 2.19. The molecule has 1 atom stereocenters. The van der Waals surface area contributed by atoms with Crippen LogP contribution < -0.4 is 5.32 Å². The molecular weight excluding hydrogens is 345 g/mol. The Morgan fingerprint density at radius 3 is 2.77 bits per heavy atom. The number of carbonyl (C=O) groups is 2. The summed E-state index contributed by atoms with van der Waals surface area (Å²) in [4.78, 5) is 24.7. The molecule has 2 aromatic rings. The van der Waals surface area contributed by atoms with Gasteiger partial charge in [0.15, 0.2) is 6.10 Å². The van der Waals surface area contributed by atoms with E-state index in [0.29, 0.717) is 15.7 Å². The molecule has 0 fully saturated rings. The molecular formula is C15H13Cl2NO3S. The second-order valence-electron chi connectivity index (χ2n) is 4.50. The smallest absolute Gasteiger partial charge is 0.311 e. The highest BCUT2D eigenvalue weighted by Crippen LogP contribution is 2.25. The van der Waals surface area contributed by atoms with Crippen LogP contribution in [0.1, 0.15) is 11.8 Å². The van der Waals surface area contributed by atoms with Crippen molar-refractivity contribution < 1.29 is 14.3 Å². The van der Waals surface area contributed by atoms with Gasteiger partial charge < -0.3 is 10.1 Å². The van der Waals surface area contributed by atoms with E-state index in [4.69, 9.17) is 27.9 Å². The van der Waals surface area contributed by atoms with Gasteiger partial charge in [-0.15, -0.1) is 11.3 Å². The van der Waals surface area contributed by atoms with E-state index in [0.717, 1.165) is 4.88 Å². The van der Waals surface area contributed by atoms with E-state index in [9.17, 15) is 9.59 Å². The van der Waals surface area contributed by atoms with Gasteiger partial charge in [-0.3, -0.25) is 9.59 Å². The molecule has 0 saturated heterocycles. The van der Waals surface area contributed by atoms with Crippen LogP contribution in [-0.4, -0.2) is 18.0 Å². The molecule has 22 heavy (non-hydrogen) atoms. The monoisotopic (exact) mass is 357 g/mol. The zero-order valence-electron chi connectivity index (χ0n) is 11.6. The maximum Gasteiger partial charge on any atom is 0.311 e. The molecule has 1 heterocycles. The maximum atomic E-state index is 12.0. The van der Waals surface area contributed by atoms with E-state index in [1.54, 1.807) is 12.1 Å². The fourth-order valence-electron chi connectivity index (χ4n) is 1.68. The minimum atomic E-state index is -0.928. The van der Waals surface area contributed by atoms with E-state index in [1.165, 1.54) is 24.3 Å². The minimum absolute atomic E-state index is 0.146. The van der Waals surface area contributed by atoms with Crippen LogP contribution in [0.2, 0.25) is 10.0 Å². The average molecular weight is 358 g/mol. The highest BCUT2D eigenvalue weighted by molar-refractivity contribution is 7.10. The molecule has 7 heteroatoms. The van der Waals surface area contributed by atoms with Crippen LogP contribution in [0.15, 0.2) is 35.7 Å². The van der Waals surface area contributed by atoms with Crippen molar-refractivity contribution in [3.05, 3.63) is 50.6 Å². The summed E-state index contributed by atoms with van der Waals surface area (Å²) >= 11 is 13.3. The summed E-state index contributed by atoms with van der Waals surface area (Å²) in [5.74, 6) is -0.925. The van der Waals surface area contributed by atoms with Gasteiger partial charge in [-0.25, -0.2) is 0 Å². The van der Waals surface area contributed by atoms with Crippen molar-refractivity contribution in [1.82, 2.24) is 0 Å². The molecule has 2 rings (SSSR count). The van der Waals surface area contributed by atoms with Crippen molar-refractivity contribution in [2.24, 2.45) is 0 Å². The zero-order chi connectivity index (χ0) is 16.1. The number of ether oxygens (including phenoxy) is 1. The number of benzene rings is 1. The summed E-state index contributed by atoms with van der Waals surface area (Å²) in [5, 5.41) is 5.26. The van der Waals surface area contributed by atoms with Crippen molar-refractivity contribution in [2.75, 3.05) is 5.32 Å². The molecule has 1 N–H and O–H groups in total. The van der Waals surface area contributed by atoms with Crippen LogP contribution in [0.25, 0.3) is 0 Å². The molecule has 1 aromatic carbocycles. The molecule has 0 saturated carbocycles. The molecule has 4 nitrogen and oxygen atoms in total. The van der Waals surface area contributed by atoms with E-state index in [1.807, 2.05) is 17.5 Å². The first kappa shape index (κ1) is 16.8. The van der Waals surface area contributed by atoms with Gasteiger partial charge in [-0.2, -0.15) is 0 Å². The van der Waals surface area contributed by atoms with Crippen molar-refractivity contribution in [3.63, 3.8) is 0 Å². The van der Waals surface area contributed by atoms with Crippen molar-refractivity contribution in [1.29, 1.82) is 0 Å². The van der Waals surface area contributed by atoms with E-state index in [-0.39, 0.29) is 6.42 Å². The largest absolute Gasteiger partial charge is 0.452 e. The number of hydrogen-bond donors (Lipinski definition) is 1. The van der Waals surface area contributed by atoms with E-state index in [2.05, 4.69) is 5.32 Å². The Morgan fingerprint density at radius 1 is 1.32 bits per heavy atom. The number of hydrogen-bond acceptors (Lipinski definition) is 4. The Bertz CT molecular complexity index is 673. The number of anilines is 1. The first-order valence-electron chi connectivity index (χ1n) is 6.43. The number of nitrogens with one attached hydrogen (secondary N) is 1. The number of halogens is 2.